The van der Waals surface area contributed by atoms with Crippen LogP contribution in [0, 0.1) is 0 Å². The maximum Gasteiger partial charge on any atom is 0.268 e. The zero-order valence-electron chi connectivity index (χ0n) is 8.45. The predicted molar refractivity (Wildman–Crippen MR) is 63.9 cm³/mol. The monoisotopic (exact) mass is 260 g/mol. The van der Waals surface area contributed by atoms with E-state index in [2.05, 4.69) is 10.5 Å². The molecule has 1 rings (SSSR count). The zero-order valence-corrected chi connectivity index (χ0v) is 9.96. The third kappa shape index (κ3) is 3.81. The van der Waals surface area contributed by atoms with E-state index in [9.17, 15) is 4.79 Å². The highest BCUT2D eigenvalue weighted by molar-refractivity contribution is 6.42. The van der Waals surface area contributed by atoms with Crippen molar-refractivity contribution >= 4 is 35.3 Å². The number of benzene rings is 1. The lowest BCUT2D eigenvalue weighted by molar-refractivity contribution is -0.128. The van der Waals surface area contributed by atoms with E-state index in [1.54, 1.807) is 18.2 Å². The molecule has 2 N–H and O–H groups in total. The van der Waals surface area contributed by atoms with Gasteiger partial charge in [0.2, 0.25) is 0 Å². The molecule has 1 atom stereocenters. The molecule has 0 aliphatic heterocycles. The number of hydrazone groups is 1. The van der Waals surface area contributed by atoms with E-state index < -0.39 is 12.0 Å². The standard InChI is InChI=1S/C10H10Cl2N2O2/c1-6(15)10(16)14-13-5-7-2-3-8(11)9(12)4-7/h2-6,15H,1H3,(H,14,16)/b13-5-/t6-/m0/s1. The summed E-state index contributed by atoms with van der Waals surface area (Å²) in [5, 5.41) is 13.4. The highest BCUT2D eigenvalue weighted by Crippen LogP contribution is 2.21. The lowest BCUT2D eigenvalue weighted by atomic mass is 10.2. The number of aliphatic hydroxyl groups excluding tert-OH is 1. The van der Waals surface area contributed by atoms with Crippen molar-refractivity contribution in [3.63, 3.8) is 0 Å². The molecule has 0 aliphatic carbocycles. The van der Waals surface area contributed by atoms with Crippen LogP contribution in [-0.4, -0.2) is 23.3 Å². The molecule has 0 aromatic heterocycles. The lowest BCUT2D eigenvalue weighted by Crippen LogP contribution is -2.28. The first-order valence-corrected chi connectivity index (χ1v) is 5.22. The van der Waals surface area contributed by atoms with E-state index >= 15 is 0 Å². The van der Waals surface area contributed by atoms with Gasteiger partial charge in [-0.25, -0.2) is 5.43 Å². The molecular weight excluding hydrogens is 251 g/mol. The SMILES string of the molecule is C[C@H](O)C(=O)N/N=C\c1ccc(Cl)c(Cl)c1. The van der Waals surface area contributed by atoms with Crippen molar-refractivity contribution in [3.8, 4) is 0 Å². The first-order chi connectivity index (χ1) is 7.50. The number of carbonyl (C=O) groups excluding carboxylic acids is 1. The summed E-state index contributed by atoms with van der Waals surface area (Å²) >= 11 is 11.5. The summed E-state index contributed by atoms with van der Waals surface area (Å²) in [5.41, 5.74) is 2.86. The van der Waals surface area contributed by atoms with Gasteiger partial charge in [-0.2, -0.15) is 5.10 Å². The highest BCUT2D eigenvalue weighted by atomic mass is 35.5. The number of halogens is 2. The molecule has 0 unspecified atom stereocenters. The Morgan fingerprint density at radius 3 is 2.75 bits per heavy atom. The molecule has 0 spiro atoms. The van der Waals surface area contributed by atoms with E-state index in [1.807, 2.05) is 0 Å². The minimum Gasteiger partial charge on any atom is -0.383 e. The molecule has 0 fully saturated rings. The van der Waals surface area contributed by atoms with E-state index in [0.29, 0.717) is 15.6 Å². The van der Waals surface area contributed by atoms with Crippen LogP contribution >= 0.6 is 23.2 Å². The van der Waals surface area contributed by atoms with Crippen molar-refractivity contribution in [2.24, 2.45) is 5.10 Å². The highest BCUT2D eigenvalue weighted by Gasteiger charge is 2.05. The number of nitrogens with zero attached hydrogens (tertiary/aromatic N) is 1. The average Bonchev–Trinajstić information content (AvgIpc) is 2.23. The summed E-state index contributed by atoms with van der Waals surface area (Å²) in [5.74, 6) is -0.573. The molecule has 0 radical (unpaired) electrons. The van der Waals surface area contributed by atoms with Crippen LogP contribution in [0.1, 0.15) is 12.5 Å². The molecule has 4 nitrogen and oxygen atoms in total. The van der Waals surface area contributed by atoms with Gasteiger partial charge >= 0.3 is 0 Å². The van der Waals surface area contributed by atoms with Gasteiger partial charge in [-0.1, -0.05) is 29.3 Å². The van der Waals surface area contributed by atoms with Crippen LogP contribution in [0.5, 0.6) is 0 Å². The number of amides is 1. The number of carbonyl (C=O) groups is 1. The Morgan fingerprint density at radius 1 is 1.50 bits per heavy atom. The summed E-state index contributed by atoms with van der Waals surface area (Å²) in [6.45, 7) is 1.35. The van der Waals surface area contributed by atoms with E-state index in [1.165, 1.54) is 13.1 Å². The van der Waals surface area contributed by atoms with Gasteiger partial charge in [0.05, 0.1) is 16.3 Å². The fourth-order valence-corrected chi connectivity index (χ4v) is 1.16. The Morgan fingerprint density at radius 2 is 2.19 bits per heavy atom. The molecule has 1 aromatic carbocycles. The van der Waals surface area contributed by atoms with Crippen LogP contribution in [-0.2, 0) is 4.79 Å². The minimum absolute atomic E-state index is 0.410. The Kier molecular flexibility index (Phi) is 4.73. The fraction of sp³-hybridized carbons (Fsp3) is 0.200. The smallest absolute Gasteiger partial charge is 0.268 e. The van der Waals surface area contributed by atoms with Gasteiger partial charge in [0, 0.05) is 0 Å². The summed E-state index contributed by atoms with van der Waals surface area (Å²) in [4.78, 5) is 10.9. The van der Waals surface area contributed by atoms with Crippen LogP contribution in [0.3, 0.4) is 0 Å². The number of rotatable bonds is 3. The Labute approximate surface area is 103 Å². The minimum atomic E-state index is -1.09. The summed E-state index contributed by atoms with van der Waals surface area (Å²) < 4.78 is 0. The second-order valence-corrected chi connectivity index (χ2v) is 3.90. The topological polar surface area (TPSA) is 61.7 Å². The first kappa shape index (κ1) is 13.0. The molecule has 1 aromatic rings. The van der Waals surface area contributed by atoms with Crippen LogP contribution in [0.25, 0.3) is 0 Å². The first-order valence-electron chi connectivity index (χ1n) is 4.46. The van der Waals surface area contributed by atoms with Crippen molar-refractivity contribution in [2.75, 3.05) is 0 Å². The van der Waals surface area contributed by atoms with Gasteiger partial charge < -0.3 is 5.11 Å². The van der Waals surface area contributed by atoms with Gasteiger partial charge in [0.25, 0.3) is 5.91 Å². The molecule has 86 valence electrons. The van der Waals surface area contributed by atoms with Crippen molar-refractivity contribution in [2.45, 2.75) is 13.0 Å². The Hall–Kier alpha value is -1.10. The van der Waals surface area contributed by atoms with Crippen LogP contribution in [0.15, 0.2) is 23.3 Å². The van der Waals surface area contributed by atoms with Gasteiger partial charge in [-0.3, -0.25) is 4.79 Å². The third-order valence-corrected chi connectivity index (χ3v) is 2.45. The summed E-state index contributed by atoms with van der Waals surface area (Å²) in [6, 6.07) is 4.94. The number of hydrogen-bond donors (Lipinski definition) is 2. The zero-order chi connectivity index (χ0) is 12.1. The molecule has 0 bridgehead atoms. The molecule has 6 heteroatoms. The quantitative estimate of drug-likeness (QED) is 0.644. The van der Waals surface area contributed by atoms with Gasteiger partial charge in [-0.05, 0) is 24.6 Å². The summed E-state index contributed by atoms with van der Waals surface area (Å²) in [7, 11) is 0. The van der Waals surface area contributed by atoms with Crippen LogP contribution < -0.4 is 5.43 Å². The van der Waals surface area contributed by atoms with E-state index in [4.69, 9.17) is 28.3 Å². The van der Waals surface area contributed by atoms with Gasteiger partial charge in [0.15, 0.2) is 0 Å². The second-order valence-electron chi connectivity index (χ2n) is 3.08. The number of nitrogens with one attached hydrogen (secondary N) is 1. The summed E-state index contributed by atoms with van der Waals surface area (Å²) in [6.07, 6.45) is 0.314. The van der Waals surface area contributed by atoms with Gasteiger partial charge in [0.1, 0.15) is 6.10 Å². The molecule has 0 heterocycles. The lowest BCUT2D eigenvalue weighted by Gasteiger charge is -2.01. The maximum absolute atomic E-state index is 10.9. The molecule has 0 aliphatic rings. The van der Waals surface area contributed by atoms with Crippen LogP contribution in [0.4, 0.5) is 0 Å². The molecule has 0 saturated carbocycles. The number of hydrogen-bond acceptors (Lipinski definition) is 3. The van der Waals surface area contributed by atoms with Crippen molar-refractivity contribution in [3.05, 3.63) is 33.8 Å². The fourth-order valence-electron chi connectivity index (χ4n) is 0.857. The predicted octanol–water partition coefficient (Wildman–Crippen LogP) is 1.82. The second kappa shape index (κ2) is 5.84. The van der Waals surface area contributed by atoms with Crippen LogP contribution in [0.2, 0.25) is 10.0 Å². The molecule has 1 amide bonds. The Bertz CT molecular complexity index is 419. The van der Waals surface area contributed by atoms with E-state index in [-0.39, 0.29) is 0 Å². The number of aliphatic hydroxyl groups is 1. The van der Waals surface area contributed by atoms with Crippen molar-refractivity contribution < 1.29 is 9.90 Å². The average molecular weight is 261 g/mol. The molecule has 0 saturated heterocycles. The third-order valence-electron chi connectivity index (χ3n) is 1.71. The van der Waals surface area contributed by atoms with E-state index in [0.717, 1.165) is 0 Å². The maximum atomic E-state index is 10.9. The molecular formula is C10H10Cl2N2O2. The van der Waals surface area contributed by atoms with Gasteiger partial charge in [-0.15, -0.1) is 0 Å². The largest absolute Gasteiger partial charge is 0.383 e. The normalized spacial score (nSPS) is 12.8. The Balaban J connectivity index is 2.63. The van der Waals surface area contributed by atoms with Crippen molar-refractivity contribution in [1.29, 1.82) is 0 Å². The van der Waals surface area contributed by atoms with Crippen molar-refractivity contribution in [1.82, 2.24) is 5.43 Å². The molecule has 16 heavy (non-hydrogen) atoms.